The van der Waals surface area contributed by atoms with Crippen LogP contribution in [0, 0.1) is 23.2 Å². The SMILES string of the molecule is CN(CCc1ccccc1)Cc1ccc(C2CC(=O)C=C3CC[C@@H]4C(=C32)CC[C@]2(C)C(C(F)(F)C(F)(F)F)CC[C@@H]42)cc1. The first-order valence-corrected chi connectivity index (χ1v) is 15.6. The molecule has 0 spiro atoms. The summed E-state index contributed by atoms with van der Waals surface area (Å²) < 4.78 is 69.8. The second kappa shape index (κ2) is 11.3. The molecule has 0 aromatic heterocycles. The lowest BCUT2D eigenvalue weighted by atomic mass is 9.54. The first-order chi connectivity index (χ1) is 20.4. The molecule has 2 aromatic carbocycles. The van der Waals surface area contributed by atoms with Crippen LogP contribution in [0.2, 0.25) is 0 Å². The fraction of sp³-hybridized carbons (Fsp3) is 0.528. The van der Waals surface area contributed by atoms with E-state index in [-0.39, 0.29) is 30.0 Å². The van der Waals surface area contributed by atoms with Gasteiger partial charge in [0.25, 0.3) is 0 Å². The van der Waals surface area contributed by atoms with Gasteiger partial charge in [-0.2, -0.15) is 22.0 Å². The lowest BCUT2D eigenvalue weighted by molar-refractivity contribution is -0.314. The van der Waals surface area contributed by atoms with E-state index in [1.54, 1.807) is 13.0 Å². The summed E-state index contributed by atoms with van der Waals surface area (Å²) in [4.78, 5) is 15.1. The van der Waals surface area contributed by atoms with Gasteiger partial charge >= 0.3 is 12.1 Å². The van der Waals surface area contributed by atoms with E-state index < -0.39 is 23.4 Å². The third-order valence-corrected chi connectivity index (χ3v) is 11.1. The van der Waals surface area contributed by atoms with Gasteiger partial charge in [0.1, 0.15) is 0 Å². The summed E-state index contributed by atoms with van der Waals surface area (Å²) in [7, 11) is 2.11. The third-order valence-electron chi connectivity index (χ3n) is 11.1. The van der Waals surface area contributed by atoms with E-state index in [1.807, 2.05) is 6.07 Å². The van der Waals surface area contributed by atoms with Crippen LogP contribution in [-0.4, -0.2) is 36.4 Å². The fourth-order valence-electron chi connectivity index (χ4n) is 8.92. The summed E-state index contributed by atoms with van der Waals surface area (Å²) >= 11 is 0. The molecule has 0 aliphatic heterocycles. The molecular formula is C36H40F5NO. The van der Waals surface area contributed by atoms with Crippen molar-refractivity contribution in [1.29, 1.82) is 0 Å². The highest BCUT2D eigenvalue weighted by molar-refractivity contribution is 5.94. The highest BCUT2D eigenvalue weighted by Gasteiger charge is 2.70. The number of hydrogen-bond acceptors (Lipinski definition) is 2. The molecule has 43 heavy (non-hydrogen) atoms. The van der Waals surface area contributed by atoms with E-state index in [4.69, 9.17) is 0 Å². The lowest BCUT2D eigenvalue weighted by Gasteiger charge is -2.51. The second-order valence-corrected chi connectivity index (χ2v) is 13.6. The molecule has 5 atom stereocenters. The molecule has 0 heterocycles. The summed E-state index contributed by atoms with van der Waals surface area (Å²) in [6.07, 6.45) is 0.0793. The van der Waals surface area contributed by atoms with E-state index in [0.29, 0.717) is 38.5 Å². The molecule has 2 nitrogen and oxygen atoms in total. The van der Waals surface area contributed by atoms with E-state index in [2.05, 4.69) is 60.5 Å². The Balaban J connectivity index is 1.23. The Kier molecular flexibility index (Phi) is 7.93. The summed E-state index contributed by atoms with van der Waals surface area (Å²) in [5.74, 6) is -6.58. The van der Waals surface area contributed by atoms with Crippen molar-refractivity contribution >= 4 is 5.78 Å². The Morgan fingerprint density at radius 1 is 0.907 bits per heavy atom. The maximum Gasteiger partial charge on any atom is 0.453 e. The van der Waals surface area contributed by atoms with Gasteiger partial charge in [-0.15, -0.1) is 0 Å². The Hall–Kier alpha value is -2.80. The van der Waals surface area contributed by atoms with Gasteiger partial charge in [0.05, 0.1) is 0 Å². The van der Waals surface area contributed by atoms with Gasteiger partial charge in [-0.05, 0) is 103 Å². The van der Waals surface area contributed by atoms with Crippen molar-refractivity contribution in [3.05, 3.63) is 94.1 Å². The molecule has 230 valence electrons. The van der Waals surface area contributed by atoms with Gasteiger partial charge in [0.2, 0.25) is 0 Å². The largest absolute Gasteiger partial charge is 0.453 e. The zero-order chi connectivity index (χ0) is 30.6. The molecule has 2 aromatic rings. The molecule has 7 heteroatoms. The first kappa shape index (κ1) is 30.2. The smallest absolute Gasteiger partial charge is 0.302 e. The number of carbonyl (C=O) groups excluding carboxylic acids is 1. The molecule has 2 saturated carbocycles. The summed E-state index contributed by atoms with van der Waals surface area (Å²) in [6, 6.07) is 18.9. The monoisotopic (exact) mass is 597 g/mol. The molecular weight excluding hydrogens is 557 g/mol. The number of alkyl halides is 5. The predicted molar refractivity (Wildman–Crippen MR) is 158 cm³/mol. The van der Waals surface area contributed by atoms with Crippen molar-refractivity contribution in [3.8, 4) is 0 Å². The van der Waals surface area contributed by atoms with Crippen molar-refractivity contribution in [3.63, 3.8) is 0 Å². The van der Waals surface area contributed by atoms with E-state index in [0.717, 1.165) is 36.2 Å². The maximum atomic E-state index is 14.7. The molecule has 0 amide bonds. The number of hydrogen-bond donors (Lipinski definition) is 0. The van der Waals surface area contributed by atoms with E-state index >= 15 is 0 Å². The predicted octanol–water partition coefficient (Wildman–Crippen LogP) is 9.07. The zero-order valence-electron chi connectivity index (χ0n) is 24.9. The third kappa shape index (κ3) is 5.51. The molecule has 0 N–H and O–H groups in total. The highest BCUT2D eigenvalue weighted by Crippen LogP contribution is 2.67. The molecule has 0 saturated heterocycles. The van der Waals surface area contributed by atoms with Gasteiger partial charge in [0.15, 0.2) is 5.78 Å². The number of rotatable bonds is 7. The zero-order valence-corrected chi connectivity index (χ0v) is 24.9. The summed E-state index contributed by atoms with van der Waals surface area (Å²) in [5, 5.41) is 0. The second-order valence-electron chi connectivity index (χ2n) is 13.6. The fourth-order valence-corrected chi connectivity index (χ4v) is 8.92. The van der Waals surface area contributed by atoms with Crippen LogP contribution >= 0.6 is 0 Å². The van der Waals surface area contributed by atoms with Crippen LogP contribution < -0.4 is 0 Å². The summed E-state index contributed by atoms with van der Waals surface area (Å²) in [5.41, 5.74) is 5.92. The molecule has 2 fully saturated rings. The Labute approximate surface area is 251 Å². The minimum atomic E-state index is -5.53. The molecule has 6 rings (SSSR count). The van der Waals surface area contributed by atoms with Gasteiger partial charge in [-0.3, -0.25) is 4.79 Å². The quantitative estimate of drug-likeness (QED) is 0.297. The van der Waals surface area contributed by atoms with Crippen molar-refractivity contribution in [1.82, 2.24) is 4.90 Å². The number of likely N-dealkylation sites (N-methyl/N-ethyl adjacent to an activating group) is 1. The number of benzene rings is 2. The minimum absolute atomic E-state index is 0.00632. The molecule has 4 aliphatic rings. The average Bonchev–Trinajstić information content (AvgIpc) is 3.34. The van der Waals surface area contributed by atoms with Crippen molar-refractivity contribution in [2.24, 2.45) is 23.2 Å². The number of nitrogens with zero attached hydrogens (tertiary/aromatic N) is 1. The number of carbonyl (C=O) groups is 1. The van der Waals surface area contributed by atoms with Crippen molar-refractivity contribution in [2.45, 2.75) is 82.9 Å². The van der Waals surface area contributed by atoms with Crippen LogP contribution in [-0.2, 0) is 17.8 Å². The van der Waals surface area contributed by atoms with Crippen molar-refractivity contribution < 1.29 is 26.7 Å². The van der Waals surface area contributed by atoms with Crippen molar-refractivity contribution in [2.75, 3.05) is 13.6 Å². The Bertz CT molecular complexity index is 1410. The number of fused-ring (bicyclic) bond motifs is 4. The Morgan fingerprint density at radius 3 is 2.33 bits per heavy atom. The van der Waals surface area contributed by atoms with Crippen LogP contribution in [0.4, 0.5) is 22.0 Å². The topological polar surface area (TPSA) is 20.3 Å². The lowest BCUT2D eigenvalue weighted by Crippen LogP contribution is -2.51. The van der Waals surface area contributed by atoms with E-state index in [9.17, 15) is 26.7 Å². The molecule has 4 aliphatic carbocycles. The Morgan fingerprint density at radius 2 is 1.63 bits per heavy atom. The van der Waals surface area contributed by atoms with Gasteiger partial charge in [-0.25, -0.2) is 0 Å². The highest BCUT2D eigenvalue weighted by atomic mass is 19.4. The van der Waals surface area contributed by atoms with Crippen LogP contribution in [0.1, 0.15) is 74.5 Å². The van der Waals surface area contributed by atoms with Gasteiger partial charge in [0, 0.05) is 31.3 Å². The molecule has 0 radical (unpaired) electrons. The minimum Gasteiger partial charge on any atom is -0.302 e. The first-order valence-electron chi connectivity index (χ1n) is 15.6. The standard InChI is InChI=1S/C36H40F5NO/c1-34-18-16-29-28(31(34)14-15-32(34)35(37,38)36(39,40)41)13-12-26-20-27(43)21-30(33(26)29)25-10-8-24(9-11-25)22-42(2)19-17-23-6-4-3-5-7-23/h3-11,20,28,30-32H,12-19,21-22H2,1-2H3/t28-,30?,31+,32?,34+/m1/s1. The van der Waals surface area contributed by atoms with E-state index in [1.165, 1.54) is 16.7 Å². The molecule has 0 bridgehead atoms. The number of halogens is 5. The van der Waals surface area contributed by atoms with Crippen LogP contribution in [0.25, 0.3) is 0 Å². The van der Waals surface area contributed by atoms with Gasteiger partial charge in [-0.1, -0.05) is 67.1 Å². The summed E-state index contributed by atoms with van der Waals surface area (Å²) in [6.45, 7) is 3.42. The maximum absolute atomic E-state index is 14.7. The number of ketones is 1. The normalized spacial score (nSPS) is 29.3. The van der Waals surface area contributed by atoms with Crippen LogP contribution in [0.15, 0.2) is 77.4 Å². The number of allylic oxidation sites excluding steroid dienone is 4. The van der Waals surface area contributed by atoms with Crippen LogP contribution in [0.3, 0.4) is 0 Å². The molecule has 2 unspecified atom stereocenters. The van der Waals surface area contributed by atoms with Crippen LogP contribution in [0.5, 0.6) is 0 Å². The van der Waals surface area contributed by atoms with Gasteiger partial charge < -0.3 is 4.90 Å². The average molecular weight is 598 g/mol.